The molecule has 1 aliphatic carbocycles. The van der Waals surface area contributed by atoms with Gasteiger partial charge in [0.25, 0.3) is 5.91 Å². The van der Waals surface area contributed by atoms with E-state index < -0.39 is 47.2 Å². The molecule has 0 radical (unpaired) electrons. The number of urea groups is 1. The number of benzene rings is 1. The zero-order valence-corrected chi connectivity index (χ0v) is 29.3. The number of hydrogen-bond acceptors (Lipinski definition) is 5. The molecule has 1 aromatic carbocycles. The van der Waals surface area contributed by atoms with E-state index >= 15 is 0 Å². The molecule has 5 N–H and O–H groups in total. The van der Waals surface area contributed by atoms with Crippen LogP contribution in [-0.2, 0) is 19.2 Å². The molecule has 46 heavy (non-hydrogen) atoms. The summed E-state index contributed by atoms with van der Waals surface area (Å²) in [4.78, 5) is 68.1. The number of nitrogens with two attached hydrogens (primary N) is 1. The Kier molecular flexibility index (Phi) is 12.1. The maximum absolute atomic E-state index is 14.4. The molecule has 5 amide bonds. The van der Waals surface area contributed by atoms with Gasteiger partial charge in [0.1, 0.15) is 12.1 Å². The van der Waals surface area contributed by atoms with Gasteiger partial charge in [-0.1, -0.05) is 112 Å². The van der Waals surface area contributed by atoms with E-state index in [4.69, 9.17) is 5.73 Å². The normalized spacial score (nSPS) is 21.5. The van der Waals surface area contributed by atoms with Crippen LogP contribution in [0.4, 0.5) is 4.79 Å². The topological polar surface area (TPSA) is 151 Å². The van der Waals surface area contributed by atoms with Gasteiger partial charge in [-0.2, -0.15) is 0 Å². The Morgan fingerprint density at radius 1 is 0.870 bits per heavy atom. The van der Waals surface area contributed by atoms with Gasteiger partial charge in [0.2, 0.25) is 17.6 Å². The lowest BCUT2D eigenvalue weighted by atomic mass is 9.77. The van der Waals surface area contributed by atoms with E-state index in [1.54, 1.807) is 4.90 Å². The first-order valence-corrected chi connectivity index (χ1v) is 16.9. The SMILES string of the molecule is CC(C)C1CCN(C(=O)[C@@H](NC(=O)N[C@H]([C@H](C)c2ccccc2)C(C)(C)C)C(C)(C)C)[C@@H]1C(=O)NC(CC1CCC1)C(=O)C(N)=O. The summed E-state index contributed by atoms with van der Waals surface area (Å²) >= 11 is 0. The zero-order valence-electron chi connectivity index (χ0n) is 29.3. The molecule has 6 atom stereocenters. The van der Waals surface area contributed by atoms with Gasteiger partial charge in [0, 0.05) is 18.5 Å². The lowest BCUT2D eigenvalue weighted by molar-refractivity contribution is -0.144. The van der Waals surface area contributed by atoms with Crippen molar-refractivity contribution in [3.05, 3.63) is 35.9 Å². The number of ketones is 1. The van der Waals surface area contributed by atoms with E-state index in [-0.39, 0.29) is 41.0 Å². The van der Waals surface area contributed by atoms with Crippen molar-refractivity contribution in [3.63, 3.8) is 0 Å². The maximum Gasteiger partial charge on any atom is 0.315 e. The molecular formula is C36H57N5O5. The number of carbonyl (C=O) groups excluding carboxylic acids is 5. The Morgan fingerprint density at radius 2 is 1.48 bits per heavy atom. The molecule has 1 aliphatic heterocycles. The summed E-state index contributed by atoms with van der Waals surface area (Å²) in [5.74, 6) is -2.57. The number of rotatable bonds is 12. The molecule has 2 unspecified atom stereocenters. The summed E-state index contributed by atoms with van der Waals surface area (Å²) < 4.78 is 0. The molecule has 0 spiro atoms. The van der Waals surface area contributed by atoms with E-state index in [9.17, 15) is 24.0 Å². The van der Waals surface area contributed by atoms with Crippen LogP contribution in [0.25, 0.3) is 0 Å². The molecular weight excluding hydrogens is 582 g/mol. The number of likely N-dealkylation sites (tertiary alicyclic amines) is 1. The first kappa shape index (κ1) is 37.0. The highest BCUT2D eigenvalue weighted by Crippen LogP contribution is 2.35. The number of amides is 5. The van der Waals surface area contributed by atoms with Crippen LogP contribution in [0.1, 0.15) is 106 Å². The molecule has 0 bridgehead atoms. The van der Waals surface area contributed by atoms with Crippen LogP contribution in [0.15, 0.2) is 30.3 Å². The summed E-state index contributed by atoms with van der Waals surface area (Å²) in [7, 11) is 0. The first-order valence-electron chi connectivity index (χ1n) is 16.9. The number of carbonyl (C=O) groups is 5. The minimum atomic E-state index is -1.08. The average Bonchev–Trinajstić information content (AvgIpc) is 3.40. The number of Topliss-reactive ketones (excluding diaryl/α,β-unsaturated/α-hetero) is 1. The molecule has 10 heteroatoms. The number of nitrogens with zero attached hydrogens (tertiary/aromatic N) is 1. The molecule has 1 saturated carbocycles. The van der Waals surface area contributed by atoms with Gasteiger partial charge in [-0.05, 0) is 47.0 Å². The molecule has 3 rings (SSSR count). The van der Waals surface area contributed by atoms with Gasteiger partial charge in [-0.3, -0.25) is 19.2 Å². The van der Waals surface area contributed by atoms with Crippen LogP contribution in [-0.4, -0.2) is 65.1 Å². The van der Waals surface area contributed by atoms with Crippen LogP contribution >= 0.6 is 0 Å². The molecule has 1 aromatic rings. The van der Waals surface area contributed by atoms with E-state index in [2.05, 4.69) is 43.6 Å². The fraction of sp³-hybridized carbons (Fsp3) is 0.694. The van der Waals surface area contributed by atoms with E-state index in [0.717, 1.165) is 24.8 Å². The largest absolute Gasteiger partial charge is 0.363 e. The summed E-state index contributed by atoms with van der Waals surface area (Å²) in [6, 6.07) is 6.50. The van der Waals surface area contributed by atoms with Gasteiger partial charge >= 0.3 is 6.03 Å². The minimum absolute atomic E-state index is 0.00481. The van der Waals surface area contributed by atoms with Crippen LogP contribution in [0.3, 0.4) is 0 Å². The monoisotopic (exact) mass is 639 g/mol. The van der Waals surface area contributed by atoms with Crippen molar-refractivity contribution in [2.24, 2.45) is 34.3 Å². The third-order valence-electron chi connectivity index (χ3n) is 9.96. The summed E-state index contributed by atoms with van der Waals surface area (Å²) in [6.07, 6.45) is 3.86. The third kappa shape index (κ3) is 9.10. The third-order valence-corrected chi connectivity index (χ3v) is 9.96. The van der Waals surface area contributed by atoms with Crippen molar-refractivity contribution in [2.45, 2.75) is 125 Å². The maximum atomic E-state index is 14.4. The van der Waals surface area contributed by atoms with Gasteiger partial charge in [-0.25, -0.2) is 4.79 Å². The van der Waals surface area contributed by atoms with Crippen LogP contribution in [0.2, 0.25) is 0 Å². The quantitative estimate of drug-likeness (QED) is 0.248. The van der Waals surface area contributed by atoms with Gasteiger partial charge in [0.05, 0.1) is 6.04 Å². The molecule has 0 aromatic heterocycles. The Balaban J connectivity index is 1.85. The van der Waals surface area contributed by atoms with Crippen molar-refractivity contribution < 1.29 is 24.0 Å². The molecule has 1 saturated heterocycles. The smallest absolute Gasteiger partial charge is 0.315 e. The highest BCUT2D eigenvalue weighted by atomic mass is 16.2. The van der Waals surface area contributed by atoms with E-state index in [1.165, 1.54) is 0 Å². The van der Waals surface area contributed by atoms with Gasteiger partial charge in [-0.15, -0.1) is 0 Å². The van der Waals surface area contributed by atoms with Gasteiger partial charge < -0.3 is 26.6 Å². The fourth-order valence-corrected chi connectivity index (χ4v) is 6.99. The molecule has 1 heterocycles. The second-order valence-electron chi connectivity index (χ2n) is 16.0. The van der Waals surface area contributed by atoms with Crippen LogP contribution < -0.4 is 21.7 Å². The zero-order chi connectivity index (χ0) is 34.6. The fourth-order valence-electron chi connectivity index (χ4n) is 6.99. The van der Waals surface area contributed by atoms with Crippen molar-refractivity contribution >= 4 is 29.5 Å². The van der Waals surface area contributed by atoms with Crippen molar-refractivity contribution in [1.29, 1.82) is 0 Å². The Hall–Kier alpha value is -3.43. The lowest BCUT2D eigenvalue weighted by Gasteiger charge is -2.39. The predicted octanol–water partition coefficient (Wildman–Crippen LogP) is 4.52. The Bertz CT molecular complexity index is 1250. The summed E-state index contributed by atoms with van der Waals surface area (Å²) in [5.41, 5.74) is 5.49. The van der Waals surface area contributed by atoms with E-state index in [1.807, 2.05) is 65.0 Å². The molecule has 10 nitrogen and oxygen atoms in total. The van der Waals surface area contributed by atoms with Crippen LogP contribution in [0, 0.1) is 28.6 Å². The summed E-state index contributed by atoms with van der Waals surface area (Å²) in [5, 5.41) is 8.95. The predicted molar refractivity (Wildman–Crippen MR) is 180 cm³/mol. The average molecular weight is 640 g/mol. The molecule has 2 aliphatic rings. The number of hydrogen-bond donors (Lipinski definition) is 4. The van der Waals surface area contributed by atoms with Crippen molar-refractivity contribution in [1.82, 2.24) is 20.9 Å². The molecule has 256 valence electrons. The first-order chi connectivity index (χ1) is 21.3. The van der Waals surface area contributed by atoms with Crippen molar-refractivity contribution in [2.75, 3.05) is 6.54 Å². The van der Waals surface area contributed by atoms with Gasteiger partial charge in [0.15, 0.2) is 0 Å². The second kappa shape index (κ2) is 15.0. The second-order valence-corrected chi connectivity index (χ2v) is 16.0. The lowest BCUT2D eigenvalue weighted by Crippen LogP contribution is -2.62. The van der Waals surface area contributed by atoms with Crippen LogP contribution in [0.5, 0.6) is 0 Å². The van der Waals surface area contributed by atoms with Crippen molar-refractivity contribution in [3.8, 4) is 0 Å². The summed E-state index contributed by atoms with van der Waals surface area (Å²) in [6.45, 7) is 18.3. The highest BCUT2D eigenvalue weighted by Gasteiger charge is 2.48. The Morgan fingerprint density at radius 3 is 1.96 bits per heavy atom. The number of primary amides is 1. The Labute approximate surface area is 275 Å². The molecule has 2 fully saturated rings. The number of nitrogens with one attached hydrogen (secondary N) is 3. The minimum Gasteiger partial charge on any atom is -0.363 e. The standard InChI is InChI=1S/C36H57N5O5/c1-21(2)25-18-19-41(27(25)32(44)38-26(28(42)31(37)43)20-23-14-13-15-23)33(45)30(36(7,8)9)40-34(46)39-29(35(4,5)6)22(3)24-16-11-10-12-17-24/h10-12,16-17,21-23,25-27,29-30H,13-15,18-20H2,1-9H3,(H2,37,43)(H,38,44)(H2,39,40,46)/t22-,25?,26?,27+,29-,30-/m1/s1. The van der Waals surface area contributed by atoms with E-state index in [0.29, 0.717) is 19.4 Å². The highest BCUT2D eigenvalue weighted by molar-refractivity contribution is 6.37.